The Bertz CT molecular complexity index is 902. The number of nitrogens with zero attached hydrogens (tertiary/aromatic N) is 3. The fraction of sp³-hybridized carbons (Fsp3) is 0.526. The van der Waals surface area contributed by atoms with Crippen molar-refractivity contribution in [2.45, 2.75) is 44.4 Å². The molecule has 9 heteroatoms. The van der Waals surface area contributed by atoms with Crippen LogP contribution in [-0.4, -0.2) is 48.3 Å². The van der Waals surface area contributed by atoms with Gasteiger partial charge in [-0.3, -0.25) is 4.79 Å². The van der Waals surface area contributed by atoms with Crippen LogP contribution in [0.1, 0.15) is 48.5 Å². The maximum absolute atomic E-state index is 12.7. The Kier molecular flexibility index (Phi) is 6.79. The lowest BCUT2D eigenvalue weighted by Crippen LogP contribution is -2.35. The average molecular weight is 423 g/mol. The number of ketones is 1. The molecule has 2 aromatic rings. The number of hydrogen-bond donors (Lipinski definition) is 1. The lowest BCUT2D eigenvalue weighted by molar-refractivity contribution is 0.101. The first-order valence-corrected chi connectivity index (χ1v) is 11.8. The van der Waals surface area contributed by atoms with Gasteiger partial charge in [0, 0.05) is 25.1 Å². The molecule has 1 aliphatic rings. The number of sulfonamides is 1. The Hall–Kier alpha value is -1.84. The Morgan fingerprint density at radius 2 is 1.82 bits per heavy atom. The molecule has 0 radical (unpaired) electrons. The van der Waals surface area contributed by atoms with E-state index in [1.165, 1.54) is 27.8 Å². The molecule has 28 heavy (non-hydrogen) atoms. The lowest BCUT2D eigenvalue weighted by Gasteiger charge is -2.25. The minimum absolute atomic E-state index is 0.0918. The van der Waals surface area contributed by atoms with Gasteiger partial charge in [0.25, 0.3) is 0 Å². The maximum Gasteiger partial charge on any atom is 0.243 e. The van der Waals surface area contributed by atoms with E-state index in [1.54, 1.807) is 12.1 Å². The number of piperidine rings is 1. The van der Waals surface area contributed by atoms with Crippen molar-refractivity contribution in [1.29, 1.82) is 0 Å². The summed E-state index contributed by atoms with van der Waals surface area (Å²) < 4.78 is 26.9. The van der Waals surface area contributed by atoms with E-state index >= 15 is 0 Å². The summed E-state index contributed by atoms with van der Waals surface area (Å²) >= 11 is 1.45. The van der Waals surface area contributed by atoms with Gasteiger partial charge in [0.15, 0.2) is 5.78 Å². The molecule has 0 spiro atoms. The summed E-state index contributed by atoms with van der Waals surface area (Å²) in [5.41, 5.74) is 0.469. The molecule has 0 unspecified atom stereocenters. The van der Waals surface area contributed by atoms with Crippen molar-refractivity contribution in [3.8, 4) is 0 Å². The van der Waals surface area contributed by atoms with Gasteiger partial charge in [-0.1, -0.05) is 31.6 Å². The van der Waals surface area contributed by atoms with Gasteiger partial charge in [0.2, 0.25) is 15.2 Å². The van der Waals surface area contributed by atoms with Crippen LogP contribution in [0.3, 0.4) is 0 Å². The van der Waals surface area contributed by atoms with Gasteiger partial charge in [-0.05, 0) is 43.0 Å². The zero-order valence-electron chi connectivity index (χ0n) is 16.2. The van der Waals surface area contributed by atoms with E-state index < -0.39 is 10.0 Å². The van der Waals surface area contributed by atoms with Gasteiger partial charge < -0.3 is 5.32 Å². The Labute approximate surface area is 170 Å². The van der Waals surface area contributed by atoms with E-state index in [1.807, 2.05) is 0 Å². The van der Waals surface area contributed by atoms with E-state index in [4.69, 9.17) is 0 Å². The standard InChI is InChI=1S/C19H26N4O3S2/c1-14(2)12-18-21-22-19(27-18)20-13-17(24)15-6-8-16(9-7-15)28(25,26)23-10-4-3-5-11-23/h6-9,14H,3-5,10-13H2,1-2H3,(H,20,22). The smallest absolute Gasteiger partial charge is 0.243 e. The van der Waals surface area contributed by atoms with Crippen LogP contribution in [0.5, 0.6) is 0 Å². The lowest BCUT2D eigenvalue weighted by atomic mass is 10.1. The zero-order chi connectivity index (χ0) is 20.1. The monoisotopic (exact) mass is 422 g/mol. The first-order chi connectivity index (χ1) is 13.4. The normalized spacial score (nSPS) is 15.7. The van der Waals surface area contributed by atoms with E-state index in [0.717, 1.165) is 30.7 Å². The number of carbonyl (C=O) groups is 1. The molecule has 7 nitrogen and oxygen atoms in total. The largest absolute Gasteiger partial charge is 0.353 e. The van der Waals surface area contributed by atoms with Gasteiger partial charge >= 0.3 is 0 Å². The van der Waals surface area contributed by atoms with Crippen LogP contribution in [-0.2, 0) is 16.4 Å². The predicted molar refractivity (Wildman–Crippen MR) is 110 cm³/mol. The van der Waals surface area contributed by atoms with Crippen LogP contribution in [0.25, 0.3) is 0 Å². The molecule has 0 saturated carbocycles. The highest BCUT2D eigenvalue weighted by Crippen LogP contribution is 2.21. The Balaban J connectivity index is 1.59. The molecular formula is C19H26N4O3S2. The quantitative estimate of drug-likeness (QED) is 0.657. The number of hydrogen-bond acceptors (Lipinski definition) is 7. The molecule has 0 bridgehead atoms. The van der Waals surface area contributed by atoms with Crippen LogP contribution in [0.2, 0.25) is 0 Å². The van der Waals surface area contributed by atoms with Gasteiger partial charge in [-0.25, -0.2) is 8.42 Å². The van der Waals surface area contributed by atoms with Crippen molar-refractivity contribution >= 4 is 32.3 Å². The number of aromatic nitrogens is 2. The van der Waals surface area contributed by atoms with Crippen LogP contribution < -0.4 is 5.32 Å². The number of anilines is 1. The molecule has 1 aromatic carbocycles. The van der Waals surface area contributed by atoms with Gasteiger partial charge in [-0.2, -0.15) is 4.31 Å². The molecule has 152 valence electrons. The van der Waals surface area contributed by atoms with Gasteiger partial charge in [0.1, 0.15) is 5.01 Å². The van der Waals surface area contributed by atoms with Crippen LogP contribution in [0.4, 0.5) is 5.13 Å². The fourth-order valence-electron chi connectivity index (χ4n) is 3.08. The molecule has 1 N–H and O–H groups in total. The highest BCUT2D eigenvalue weighted by molar-refractivity contribution is 7.89. The number of Topliss-reactive ketones (excluding diaryl/α,β-unsaturated/α-hetero) is 1. The van der Waals surface area contributed by atoms with E-state index in [-0.39, 0.29) is 17.2 Å². The topological polar surface area (TPSA) is 92.3 Å². The molecule has 1 fully saturated rings. The summed E-state index contributed by atoms with van der Waals surface area (Å²) in [4.78, 5) is 12.6. The van der Waals surface area contributed by atoms with Crippen molar-refractivity contribution < 1.29 is 13.2 Å². The summed E-state index contributed by atoms with van der Waals surface area (Å²) in [6.45, 7) is 5.45. The second-order valence-corrected chi connectivity index (χ2v) is 10.4. The molecule has 1 aromatic heterocycles. The fourth-order valence-corrected chi connectivity index (χ4v) is 5.55. The van der Waals surface area contributed by atoms with E-state index in [2.05, 4.69) is 29.4 Å². The molecule has 3 rings (SSSR count). The zero-order valence-corrected chi connectivity index (χ0v) is 17.9. The molecule has 0 amide bonds. The summed E-state index contributed by atoms with van der Waals surface area (Å²) in [7, 11) is -3.48. The average Bonchev–Trinajstić information content (AvgIpc) is 3.13. The number of nitrogens with one attached hydrogen (secondary N) is 1. The number of carbonyl (C=O) groups excluding carboxylic acids is 1. The summed E-state index contributed by atoms with van der Waals surface area (Å²) in [6.07, 6.45) is 3.72. The van der Waals surface area contributed by atoms with Gasteiger partial charge in [0.05, 0.1) is 11.4 Å². The van der Waals surface area contributed by atoms with Crippen LogP contribution in [0, 0.1) is 5.92 Å². The summed E-state index contributed by atoms with van der Waals surface area (Å²) in [5, 5.41) is 12.7. The second kappa shape index (κ2) is 9.11. The highest BCUT2D eigenvalue weighted by atomic mass is 32.2. The highest BCUT2D eigenvalue weighted by Gasteiger charge is 2.25. The first-order valence-electron chi connectivity index (χ1n) is 9.56. The third kappa shape index (κ3) is 5.15. The number of benzene rings is 1. The minimum Gasteiger partial charge on any atom is -0.353 e. The van der Waals surface area contributed by atoms with Crippen molar-refractivity contribution in [1.82, 2.24) is 14.5 Å². The number of rotatable bonds is 8. The molecule has 0 atom stereocenters. The third-order valence-electron chi connectivity index (χ3n) is 4.58. The Morgan fingerprint density at radius 3 is 2.46 bits per heavy atom. The first kappa shape index (κ1) is 20.9. The van der Waals surface area contributed by atoms with Gasteiger partial charge in [-0.15, -0.1) is 10.2 Å². The van der Waals surface area contributed by atoms with Crippen molar-refractivity contribution in [2.24, 2.45) is 5.92 Å². The molecular weight excluding hydrogens is 396 g/mol. The third-order valence-corrected chi connectivity index (χ3v) is 7.40. The summed E-state index contributed by atoms with van der Waals surface area (Å²) in [6, 6.07) is 6.18. The van der Waals surface area contributed by atoms with E-state index in [0.29, 0.717) is 29.7 Å². The maximum atomic E-state index is 12.7. The molecule has 0 aliphatic carbocycles. The van der Waals surface area contributed by atoms with E-state index in [9.17, 15) is 13.2 Å². The van der Waals surface area contributed by atoms with Crippen molar-refractivity contribution in [3.05, 3.63) is 34.8 Å². The second-order valence-electron chi connectivity index (χ2n) is 7.36. The predicted octanol–water partition coefficient (Wildman–Crippen LogP) is 3.21. The molecule has 2 heterocycles. The summed E-state index contributed by atoms with van der Waals surface area (Å²) in [5.74, 6) is 0.379. The SMILES string of the molecule is CC(C)Cc1nnc(NCC(=O)c2ccc(S(=O)(=O)N3CCCCC3)cc2)s1. The molecule has 1 aliphatic heterocycles. The Morgan fingerprint density at radius 1 is 1.14 bits per heavy atom. The molecule has 1 saturated heterocycles. The minimum atomic E-state index is -3.48. The van der Waals surface area contributed by atoms with Crippen molar-refractivity contribution in [3.63, 3.8) is 0 Å². The van der Waals surface area contributed by atoms with Crippen LogP contribution in [0.15, 0.2) is 29.2 Å². The van der Waals surface area contributed by atoms with Crippen molar-refractivity contribution in [2.75, 3.05) is 25.0 Å². The van der Waals surface area contributed by atoms with Crippen LogP contribution >= 0.6 is 11.3 Å².